The first-order valence-corrected chi connectivity index (χ1v) is 47.6. The van der Waals surface area contributed by atoms with E-state index in [1.165, 1.54) is 167 Å². The molecule has 0 aromatic carbocycles. The van der Waals surface area contributed by atoms with E-state index in [2.05, 4.69) is 52.2 Å². The van der Waals surface area contributed by atoms with Crippen LogP contribution in [0.15, 0.2) is 0 Å². The molecule has 2 unspecified atom stereocenters. The largest absolute Gasteiger partial charge is 0.472 e. The van der Waals surface area contributed by atoms with Crippen molar-refractivity contribution in [1.29, 1.82) is 0 Å². The van der Waals surface area contributed by atoms with Crippen molar-refractivity contribution in [1.82, 2.24) is 10.6 Å². The van der Waals surface area contributed by atoms with Crippen LogP contribution >= 0.6 is 15.6 Å². The quantitative estimate of drug-likeness (QED) is 0.0145. The van der Waals surface area contributed by atoms with Gasteiger partial charge in [0, 0.05) is 51.6 Å². The average molecular weight is 1600 g/mol. The van der Waals surface area contributed by atoms with E-state index in [0.29, 0.717) is 51.4 Å². The van der Waals surface area contributed by atoms with E-state index in [-0.39, 0.29) is 76.5 Å². The van der Waals surface area contributed by atoms with Gasteiger partial charge in [0.2, 0.25) is 11.8 Å². The number of esters is 4. The molecule has 0 aromatic heterocycles. The van der Waals surface area contributed by atoms with Gasteiger partial charge in [-0.3, -0.25) is 46.9 Å². The fraction of sp³-hybridized carbons (Fsp3) is 0.929. The summed E-state index contributed by atoms with van der Waals surface area (Å²) in [6.07, 6.45) is 55.7. The Morgan fingerprint density at radius 3 is 0.734 bits per heavy atom. The van der Waals surface area contributed by atoms with Crippen LogP contribution in [0.5, 0.6) is 0 Å². The fourth-order valence-corrected chi connectivity index (χ4v) is 14.5. The minimum atomic E-state index is -4.77. The molecule has 0 fully saturated rings. The van der Waals surface area contributed by atoms with E-state index < -0.39 is 84.5 Å². The van der Waals surface area contributed by atoms with Crippen LogP contribution in [0.2, 0.25) is 0 Å². The van der Waals surface area contributed by atoms with Gasteiger partial charge in [0.1, 0.15) is 30.8 Å². The second-order valence-electron chi connectivity index (χ2n) is 30.4. The predicted molar refractivity (Wildman–Crippen MR) is 437 cm³/mol. The van der Waals surface area contributed by atoms with E-state index in [4.69, 9.17) is 46.5 Å². The number of rotatable bonds is 86. The molecule has 0 rings (SSSR count). The van der Waals surface area contributed by atoms with Gasteiger partial charge in [-0.1, -0.05) is 324 Å². The standard InChI is InChI=1S/C85H164N2O20P2/c1-7-13-19-25-29-33-35-39-43-49-55-61-84(92)106-78(72-98-67-63-76(57-51-45-23-17-11-5)104-82(90)59-53-47-41-37-31-27-21-15-9-3)74-102-108(94,95)100-69-65-86-80(88)71-81(89)87-66-70-101-109(96,97)103-75-79(107-85(93)62-56-50-44-40-36-34-30-26-20-14-8-2)73-99-68-64-77(58-52-46-24-18-12-6)105-83(91)60-54-48-42-38-32-28-22-16-10-4/h76-79H,7-75H2,1-6H3,(H,86,88)(H,87,89)(H,94,95)(H,96,97)/t76-,77-,78+,79+/m1/s1. The topological polar surface area (TPSA) is 293 Å². The molecule has 2 amide bonds. The van der Waals surface area contributed by atoms with Gasteiger partial charge in [-0.2, -0.15) is 0 Å². The van der Waals surface area contributed by atoms with E-state index in [1.807, 2.05) is 0 Å². The normalized spacial score (nSPS) is 13.8. The first-order valence-electron chi connectivity index (χ1n) is 44.6. The number of unbranched alkanes of at least 4 members (excludes halogenated alkanes) is 44. The molecule has 0 saturated heterocycles. The summed E-state index contributed by atoms with van der Waals surface area (Å²) in [4.78, 5) is 99.2. The SMILES string of the molecule is CCCCCCCCCCCCCC(=O)O[C@@H](COCC[C@@H](CCCCCCC)OC(=O)CCCCCCCCCCC)COP(=O)(O)OCCNC(=O)CC(=O)NCCOP(=O)(O)OC[C@H](COCC[C@@H](CCCCCCC)OC(=O)CCCCCCCCCCC)OC(=O)CCCCCCCCCCCCC. The van der Waals surface area contributed by atoms with E-state index in [9.17, 15) is 47.7 Å². The van der Waals surface area contributed by atoms with Crippen LogP contribution in [-0.4, -0.2) is 136 Å². The van der Waals surface area contributed by atoms with Crippen LogP contribution in [-0.2, 0) is 84.4 Å². The second-order valence-corrected chi connectivity index (χ2v) is 33.3. The first kappa shape index (κ1) is 106. The maximum atomic E-state index is 13.2. The highest BCUT2D eigenvalue weighted by Gasteiger charge is 2.28. The van der Waals surface area contributed by atoms with Crippen molar-refractivity contribution in [2.24, 2.45) is 0 Å². The lowest BCUT2D eigenvalue weighted by atomic mass is 10.1. The zero-order valence-corrected chi connectivity index (χ0v) is 72.0. The summed E-state index contributed by atoms with van der Waals surface area (Å²) < 4.78 is 82.6. The first-order chi connectivity index (χ1) is 52.9. The fourth-order valence-electron chi connectivity index (χ4n) is 13.0. The number of phosphoric acid groups is 2. The number of carbonyl (C=O) groups excluding carboxylic acids is 6. The van der Waals surface area contributed by atoms with Crippen LogP contribution in [0.1, 0.15) is 420 Å². The average Bonchev–Trinajstić information content (AvgIpc) is 0.927. The van der Waals surface area contributed by atoms with E-state index >= 15 is 0 Å². The van der Waals surface area contributed by atoms with E-state index in [0.717, 1.165) is 141 Å². The highest BCUT2D eigenvalue weighted by Crippen LogP contribution is 2.44. The van der Waals surface area contributed by atoms with Crippen LogP contribution in [0, 0.1) is 0 Å². The van der Waals surface area contributed by atoms with Crippen LogP contribution in [0.4, 0.5) is 0 Å². The summed E-state index contributed by atoms with van der Waals surface area (Å²) >= 11 is 0. The molecule has 4 N–H and O–H groups in total. The highest BCUT2D eigenvalue weighted by molar-refractivity contribution is 7.47. The van der Waals surface area contributed by atoms with Gasteiger partial charge in [-0.15, -0.1) is 0 Å². The Bertz CT molecular complexity index is 2070. The third-order valence-electron chi connectivity index (χ3n) is 19.7. The Hall–Kier alpha value is -3.04. The summed E-state index contributed by atoms with van der Waals surface area (Å²) in [7, 11) is -9.55. The predicted octanol–water partition coefficient (Wildman–Crippen LogP) is 22.3. The molecule has 0 aliphatic carbocycles. The van der Waals surface area contributed by atoms with Crippen LogP contribution < -0.4 is 10.6 Å². The summed E-state index contributed by atoms with van der Waals surface area (Å²) in [5.41, 5.74) is 0. The lowest BCUT2D eigenvalue weighted by Gasteiger charge is -2.21. The van der Waals surface area contributed by atoms with Crippen molar-refractivity contribution < 1.29 is 94.2 Å². The molecular formula is C85H164N2O20P2. The molecule has 0 spiro atoms. The lowest BCUT2D eigenvalue weighted by Crippen LogP contribution is -2.34. The Morgan fingerprint density at radius 2 is 0.486 bits per heavy atom. The minimum absolute atomic E-state index is 0.156. The maximum absolute atomic E-state index is 13.2. The molecule has 0 radical (unpaired) electrons. The molecule has 6 atom stereocenters. The number of phosphoric ester groups is 2. The van der Waals surface area contributed by atoms with Crippen molar-refractivity contribution in [2.45, 2.75) is 445 Å². The second kappa shape index (κ2) is 78.8. The van der Waals surface area contributed by atoms with Gasteiger partial charge in [0.15, 0.2) is 0 Å². The third-order valence-corrected chi connectivity index (χ3v) is 21.7. The maximum Gasteiger partial charge on any atom is 0.472 e. The summed E-state index contributed by atoms with van der Waals surface area (Å²) in [5, 5.41) is 4.87. The number of hydrogen-bond donors (Lipinski definition) is 4. The number of ether oxygens (including phenoxy) is 6. The zero-order valence-electron chi connectivity index (χ0n) is 70.2. The van der Waals surface area contributed by atoms with Crippen molar-refractivity contribution in [3.63, 3.8) is 0 Å². The molecule has 0 heterocycles. The van der Waals surface area contributed by atoms with Gasteiger partial charge >= 0.3 is 39.5 Å². The van der Waals surface area contributed by atoms with Gasteiger partial charge in [-0.25, -0.2) is 9.13 Å². The van der Waals surface area contributed by atoms with Gasteiger partial charge < -0.3 is 48.8 Å². The molecule has 0 bridgehead atoms. The van der Waals surface area contributed by atoms with Crippen molar-refractivity contribution in [2.75, 3.05) is 65.9 Å². The molecule has 0 aliphatic heterocycles. The Morgan fingerprint density at radius 1 is 0.266 bits per heavy atom. The monoisotopic (exact) mass is 1600 g/mol. The lowest BCUT2D eigenvalue weighted by molar-refractivity contribution is -0.156. The number of nitrogens with one attached hydrogen (secondary N) is 2. The Labute approximate surface area is 663 Å². The molecular weight excluding hydrogens is 1430 g/mol. The van der Waals surface area contributed by atoms with Crippen molar-refractivity contribution >= 4 is 51.3 Å². The minimum Gasteiger partial charge on any atom is -0.462 e. The summed E-state index contributed by atoms with van der Waals surface area (Å²) in [6, 6.07) is 0. The molecule has 109 heavy (non-hydrogen) atoms. The molecule has 0 aromatic rings. The highest BCUT2D eigenvalue weighted by atomic mass is 31.2. The smallest absolute Gasteiger partial charge is 0.462 e. The molecule has 644 valence electrons. The van der Waals surface area contributed by atoms with Gasteiger partial charge in [0.05, 0.1) is 52.9 Å². The molecule has 24 heteroatoms. The van der Waals surface area contributed by atoms with Crippen molar-refractivity contribution in [3.05, 3.63) is 0 Å². The summed E-state index contributed by atoms with van der Waals surface area (Å²) in [6.45, 7) is 10.6. The Balaban J connectivity index is 5.52. The molecule has 22 nitrogen and oxygen atoms in total. The van der Waals surface area contributed by atoms with Crippen LogP contribution in [0.25, 0.3) is 0 Å². The Kier molecular flexibility index (Phi) is 76.6. The van der Waals surface area contributed by atoms with Gasteiger partial charge in [0.25, 0.3) is 0 Å². The van der Waals surface area contributed by atoms with Gasteiger partial charge in [-0.05, 0) is 51.4 Å². The molecule has 0 aliphatic rings. The number of carbonyl (C=O) groups is 6. The van der Waals surface area contributed by atoms with Crippen LogP contribution in [0.3, 0.4) is 0 Å². The molecule has 0 saturated carbocycles. The van der Waals surface area contributed by atoms with Crippen molar-refractivity contribution in [3.8, 4) is 0 Å². The third kappa shape index (κ3) is 76.0. The number of hydrogen-bond acceptors (Lipinski definition) is 18. The van der Waals surface area contributed by atoms with E-state index in [1.54, 1.807) is 0 Å². The zero-order chi connectivity index (χ0) is 80.0. The summed E-state index contributed by atoms with van der Waals surface area (Å²) in [5.74, 6) is -2.93. The number of amides is 2.